The molecule has 108 valence electrons. The number of hydrogen-bond acceptors (Lipinski definition) is 2. The lowest BCUT2D eigenvalue weighted by atomic mass is 9.79. The van der Waals surface area contributed by atoms with Crippen molar-refractivity contribution in [3.63, 3.8) is 0 Å². The molecule has 19 heavy (non-hydrogen) atoms. The molecule has 0 aromatic heterocycles. The van der Waals surface area contributed by atoms with Crippen LogP contribution in [0.1, 0.15) is 59.3 Å². The fourth-order valence-electron chi connectivity index (χ4n) is 3.52. The Bertz CT molecular complexity index is 319. The summed E-state index contributed by atoms with van der Waals surface area (Å²) in [4.78, 5) is 7.39. The SMILES string of the molecule is BC1CCCCCC2C(C1)S/C(=N\CC)N2C(C)C. The Morgan fingerprint density at radius 1 is 1.32 bits per heavy atom. The van der Waals surface area contributed by atoms with Gasteiger partial charge in [-0.1, -0.05) is 43.3 Å². The van der Waals surface area contributed by atoms with Crippen LogP contribution in [0.5, 0.6) is 0 Å². The van der Waals surface area contributed by atoms with Crippen molar-refractivity contribution in [3.8, 4) is 0 Å². The van der Waals surface area contributed by atoms with Gasteiger partial charge in [-0.05, 0) is 33.6 Å². The minimum absolute atomic E-state index is 0.587. The van der Waals surface area contributed by atoms with Crippen LogP contribution >= 0.6 is 11.8 Å². The van der Waals surface area contributed by atoms with Crippen LogP contribution in [-0.2, 0) is 0 Å². The van der Waals surface area contributed by atoms with Crippen LogP contribution < -0.4 is 0 Å². The van der Waals surface area contributed by atoms with Gasteiger partial charge in [0.05, 0.1) is 0 Å². The molecule has 3 unspecified atom stereocenters. The highest BCUT2D eigenvalue weighted by atomic mass is 32.2. The summed E-state index contributed by atoms with van der Waals surface area (Å²) in [5, 5.41) is 2.10. The lowest BCUT2D eigenvalue weighted by Crippen LogP contribution is -2.42. The highest BCUT2D eigenvalue weighted by molar-refractivity contribution is 8.14. The molecule has 0 amide bonds. The molecule has 3 atom stereocenters. The molecule has 1 aliphatic carbocycles. The Kier molecular flexibility index (Phi) is 5.67. The Morgan fingerprint density at radius 3 is 2.74 bits per heavy atom. The molecule has 2 aliphatic rings. The second-order valence-corrected chi connectivity index (χ2v) is 7.67. The van der Waals surface area contributed by atoms with E-state index in [2.05, 4.69) is 45.3 Å². The predicted octanol–water partition coefficient (Wildman–Crippen LogP) is 3.33. The monoisotopic (exact) mass is 280 g/mol. The molecule has 0 bridgehead atoms. The van der Waals surface area contributed by atoms with Crippen LogP contribution in [-0.4, -0.2) is 41.8 Å². The summed E-state index contributed by atoms with van der Waals surface area (Å²) in [6, 6.07) is 1.32. The normalized spacial score (nSPS) is 35.1. The summed E-state index contributed by atoms with van der Waals surface area (Å²) < 4.78 is 0. The largest absolute Gasteiger partial charge is 0.345 e. The molecule has 0 aromatic rings. The van der Waals surface area contributed by atoms with E-state index in [1.54, 1.807) is 0 Å². The van der Waals surface area contributed by atoms with E-state index in [4.69, 9.17) is 4.99 Å². The quantitative estimate of drug-likeness (QED) is 0.721. The van der Waals surface area contributed by atoms with Gasteiger partial charge in [-0.2, -0.15) is 0 Å². The van der Waals surface area contributed by atoms with Gasteiger partial charge in [0.2, 0.25) is 0 Å². The van der Waals surface area contributed by atoms with E-state index in [1.807, 2.05) is 0 Å². The molecular formula is C15H29BN2S. The van der Waals surface area contributed by atoms with Crippen molar-refractivity contribution in [2.75, 3.05) is 6.54 Å². The number of thioether (sulfide) groups is 1. The number of nitrogens with zero attached hydrogens (tertiary/aromatic N) is 2. The molecule has 1 heterocycles. The zero-order valence-corrected chi connectivity index (χ0v) is 13.9. The van der Waals surface area contributed by atoms with Crippen LogP contribution in [0.4, 0.5) is 0 Å². The molecule has 0 spiro atoms. The molecule has 0 radical (unpaired) electrons. The standard InChI is InChI=1S/C15H29BN2S/c1-4-17-15-18(11(2)3)13-9-7-5-6-8-12(16)10-14(13)19-15/h11-14H,4-10,16H2,1-3H3/b17-15-. The van der Waals surface area contributed by atoms with E-state index in [0.717, 1.165) is 23.7 Å². The van der Waals surface area contributed by atoms with Gasteiger partial charge in [0.25, 0.3) is 0 Å². The number of aliphatic imine (C=N–C) groups is 1. The van der Waals surface area contributed by atoms with Gasteiger partial charge < -0.3 is 4.90 Å². The Balaban J connectivity index is 2.18. The average Bonchev–Trinajstić information content (AvgIpc) is 2.69. The first-order valence-electron chi connectivity index (χ1n) is 8.13. The maximum absolute atomic E-state index is 4.77. The van der Waals surface area contributed by atoms with Crippen molar-refractivity contribution in [3.05, 3.63) is 0 Å². The van der Waals surface area contributed by atoms with Gasteiger partial charge in [-0.25, -0.2) is 0 Å². The van der Waals surface area contributed by atoms with Crippen molar-refractivity contribution < 1.29 is 0 Å². The van der Waals surface area contributed by atoms with Crippen LogP contribution in [0.3, 0.4) is 0 Å². The summed E-state index contributed by atoms with van der Waals surface area (Å²) in [7, 11) is 2.44. The van der Waals surface area contributed by atoms with Crippen LogP contribution in [0.2, 0.25) is 5.82 Å². The molecule has 0 N–H and O–H groups in total. The Morgan fingerprint density at radius 2 is 2.05 bits per heavy atom. The zero-order chi connectivity index (χ0) is 13.8. The summed E-state index contributed by atoms with van der Waals surface area (Å²) in [6.45, 7) is 7.72. The fourth-order valence-corrected chi connectivity index (χ4v) is 5.31. The van der Waals surface area contributed by atoms with E-state index < -0.39 is 0 Å². The lowest BCUT2D eigenvalue weighted by Gasteiger charge is -2.32. The first-order valence-corrected chi connectivity index (χ1v) is 9.00. The molecule has 2 nitrogen and oxygen atoms in total. The van der Waals surface area contributed by atoms with Crippen molar-refractivity contribution in [1.29, 1.82) is 0 Å². The number of rotatable bonds is 2. The summed E-state index contributed by atoms with van der Waals surface area (Å²) in [5.41, 5.74) is 0. The minimum atomic E-state index is 0.587. The van der Waals surface area contributed by atoms with Gasteiger partial charge >= 0.3 is 0 Å². The van der Waals surface area contributed by atoms with Crippen molar-refractivity contribution in [2.45, 2.75) is 82.4 Å². The molecule has 1 aliphatic heterocycles. The first-order chi connectivity index (χ1) is 9.13. The van der Waals surface area contributed by atoms with Crippen molar-refractivity contribution >= 4 is 24.8 Å². The second-order valence-electron chi connectivity index (χ2n) is 6.46. The van der Waals surface area contributed by atoms with Crippen LogP contribution in [0.25, 0.3) is 0 Å². The zero-order valence-electron chi connectivity index (χ0n) is 13.1. The van der Waals surface area contributed by atoms with E-state index in [1.165, 1.54) is 43.7 Å². The molecule has 4 heteroatoms. The third-order valence-corrected chi connectivity index (χ3v) is 5.81. The van der Waals surface area contributed by atoms with E-state index in [-0.39, 0.29) is 0 Å². The molecule has 0 aromatic carbocycles. The lowest BCUT2D eigenvalue weighted by molar-refractivity contribution is 0.251. The number of amidine groups is 1. The fraction of sp³-hybridized carbons (Fsp3) is 0.933. The van der Waals surface area contributed by atoms with Gasteiger partial charge in [0.15, 0.2) is 5.17 Å². The van der Waals surface area contributed by atoms with Gasteiger partial charge in [-0.3, -0.25) is 4.99 Å². The predicted molar refractivity (Wildman–Crippen MR) is 90.1 cm³/mol. The summed E-state index contributed by atoms with van der Waals surface area (Å²) >= 11 is 2.07. The van der Waals surface area contributed by atoms with E-state index >= 15 is 0 Å². The van der Waals surface area contributed by atoms with Gasteiger partial charge in [0.1, 0.15) is 7.85 Å². The summed E-state index contributed by atoms with van der Waals surface area (Å²) in [6.07, 6.45) is 8.42. The second kappa shape index (κ2) is 7.05. The molecule has 2 rings (SSSR count). The Hall–Kier alpha value is -0.115. The van der Waals surface area contributed by atoms with E-state index in [0.29, 0.717) is 6.04 Å². The van der Waals surface area contributed by atoms with E-state index in [9.17, 15) is 0 Å². The molecule has 1 saturated heterocycles. The third-order valence-electron chi connectivity index (χ3n) is 4.45. The molecule has 2 fully saturated rings. The minimum Gasteiger partial charge on any atom is -0.345 e. The maximum atomic E-state index is 4.77. The van der Waals surface area contributed by atoms with Crippen molar-refractivity contribution in [1.82, 2.24) is 4.90 Å². The Labute approximate surface area is 124 Å². The van der Waals surface area contributed by atoms with Crippen LogP contribution in [0.15, 0.2) is 4.99 Å². The number of fused-ring (bicyclic) bond motifs is 1. The smallest absolute Gasteiger partial charge is 0.160 e. The van der Waals surface area contributed by atoms with Crippen molar-refractivity contribution in [2.24, 2.45) is 4.99 Å². The topological polar surface area (TPSA) is 15.6 Å². The molecular weight excluding hydrogens is 251 g/mol. The highest BCUT2D eigenvalue weighted by Crippen LogP contribution is 2.41. The van der Waals surface area contributed by atoms with Gasteiger partial charge in [-0.15, -0.1) is 0 Å². The summed E-state index contributed by atoms with van der Waals surface area (Å²) in [5.74, 6) is 0.882. The maximum Gasteiger partial charge on any atom is 0.160 e. The number of hydrogen-bond donors (Lipinski definition) is 0. The third kappa shape index (κ3) is 3.71. The average molecular weight is 280 g/mol. The highest BCUT2D eigenvalue weighted by Gasteiger charge is 2.40. The van der Waals surface area contributed by atoms with Gasteiger partial charge in [0, 0.05) is 23.9 Å². The van der Waals surface area contributed by atoms with Crippen LogP contribution in [0, 0.1) is 0 Å². The molecule has 1 saturated carbocycles. The first kappa shape index (κ1) is 15.3.